The van der Waals surface area contributed by atoms with Gasteiger partial charge in [0.1, 0.15) is 5.82 Å². The number of hydrogen-bond acceptors (Lipinski definition) is 2. The van der Waals surface area contributed by atoms with Gasteiger partial charge in [-0.3, -0.25) is 4.90 Å². The van der Waals surface area contributed by atoms with Gasteiger partial charge in [0.15, 0.2) is 0 Å². The highest BCUT2D eigenvalue weighted by Crippen LogP contribution is 2.28. The Bertz CT molecular complexity index is 419. The van der Waals surface area contributed by atoms with Crippen LogP contribution in [0.5, 0.6) is 0 Å². The highest BCUT2D eigenvalue weighted by Gasteiger charge is 2.31. The van der Waals surface area contributed by atoms with E-state index in [1.165, 1.54) is 19.4 Å². The van der Waals surface area contributed by atoms with Gasteiger partial charge in [-0.2, -0.15) is 0 Å². The summed E-state index contributed by atoms with van der Waals surface area (Å²) in [7, 11) is 0. The van der Waals surface area contributed by atoms with Crippen LogP contribution in [0.2, 0.25) is 0 Å². The molecule has 2 fully saturated rings. The van der Waals surface area contributed by atoms with Gasteiger partial charge in [0.2, 0.25) is 0 Å². The molecule has 1 aromatic carbocycles. The number of piperazine rings is 1. The number of halogens is 1. The van der Waals surface area contributed by atoms with Crippen LogP contribution >= 0.6 is 0 Å². The summed E-state index contributed by atoms with van der Waals surface area (Å²) in [5.74, 6) is -0.0867. The number of anilines is 1. The molecule has 0 saturated carbocycles. The lowest BCUT2D eigenvalue weighted by atomic mass is 10.1. The molecule has 0 spiro atoms. The summed E-state index contributed by atoms with van der Waals surface area (Å²) in [4.78, 5) is 4.93. The Balaban J connectivity index is 1.82. The average molecular weight is 234 g/mol. The lowest BCUT2D eigenvalue weighted by Gasteiger charge is -2.39. The summed E-state index contributed by atoms with van der Waals surface area (Å²) >= 11 is 0. The third-order valence-electron chi connectivity index (χ3n) is 4.17. The first-order chi connectivity index (χ1) is 8.25. The number of rotatable bonds is 1. The minimum Gasteiger partial charge on any atom is -0.368 e. The summed E-state index contributed by atoms with van der Waals surface area (Å²) in [6, 6.07) is 6.10. The highest BCUT2D eigenvalue weighted by molar-refractivity contribution is 5.54. The molecular formula is C14H19FN2. The summed E-state index contributed by atoms with van der Waals surface area (Å²) in [5.41, 5.74) is 1.87. The maximum Gasteiger partial charge on any atom is 0.128 e. The molecule has 0 bridgehead atoms. The van der Waals surface area contributed by atoms with Crippen LogP contribution in [0.4, 0.5) is 10.1 Å². The van der Waals surface area contributed by atoms with E-state index >= 15 is 0 Å². The van der Waals surface area contributed by atoms with E-state index in [0.29, 0.717) is 6.04 Å². The number of benzene rings is 1. The van der Waals surface area contributed by atoms with E-state index in [2.05, 4.69) is 9.80 Å². The number of hydrogen-bond donors (Lipinski definition) is 0. The Morgan fingerprint density at radius 2 is 2.12 bits per heavy atom. The van der Waals surface area contributed by atoms with Crippen molar-refractivity contribution in [1.29, 1.82) is 0 Å². The molecule has 2 saturated heterocycles. The van der Waals surface area contributed by atoms with Crippen LogP contribution in [0.15, 0.2) is 18.2 Å². The fourth-order valence-electron chi connectivity index (χ4n) is 3.15. The van der Waals surface area contributed by atoms with Crippen molar-refractivity contribution in [3.05, 3.63) is 29.6 Å². The first-order valence-corrected chi connectivity index (χ1v) is 6.50. The Hall–Kier alpha value is -1.09. The summed E-state index contributed by atoms with van der Waals surface area (Å²) in [6.45, 7) is 6.35. The first kappa shape index (κ1) is 11.0. The Labute approximate surface area is 102 Å². The van der Waals surface area contributed by atoms with Crippen molar-refractivity contribution in [2.45, 2.75) is 25.8 Å². The van der Waals surface area contributed by atoms with Crippen LogP contribution < -0.4 is 4.90 Å². The van der Waals surface area contributed by atoms with Gasteiger partial charge in [-0.25, -0.2) is 4.39 Å². The van der Waals surface area contributed by atoms with Gasteiger partial charge in [-0.15, -0.1) is 0 Å². The van der Waals surface area contributed by atoms with E-state index in [-0.39, 0.29) is 5.82 Å². The van der Waals surface area contributed by atoms with E-state index in [9.17, 15) is 4.39 Å². The van der Waals surface area contributed by atoms with Crippen LogP contribution in [-0.2, 0) is 0 Å². The zero-order valence-electron chi connectivity index (χ0n) is 10.3. The average Bonchev–Trinajstić information content (AvgIpc) is 2.79. The molecule has 0 radical (unpaired) electrons. The predicted molar refractivity (Wildman–Crippen MR) is 67.9 cm³/mol. The SMILES string of the molecule is Cc1c(F)cccc1N1CCN2CCCC2C1. The highest BCUT2D eigenvalue weighted by atomic mass is 19.1. The standard InChI is InChI=1S/C14H19FN2/c1-11-13(15)5-2-6-14(11)17-9-8-16-7-3-4-12(16)10-17/h2,5-6,12H,3-4,7-10H2,1H3. The molecule has 2 nitrogen and oxygen atoms in total. The minimum absolute atomic E-state index is 0.0867. The van der Waals surface area contributed by atoms with Crippen molar-refractivity contribution >= 4 is 5.69 Å². The van der Waals surface area contributed by atoms with Crippen LogP contribution in [0.25, 0.3) is 0 Å². The third-order valence-corrected chi connectivity index (χ3v) is 4.17. The summed E-state index contributed by atoms with van der Waals surface area (Å²) < 4.78 is 13.6. The fourth-order valence-corrected chi connectivity index (χ4v) is 3.15. The van der Waals surface area contributed by atoms with Gasteiger partial charge in [0, 0.05) is 36.9 Å². The zero-order chi connectivity index (χ0) is 11.8. The van der Waals surface area contributed by atoms with Crippen molar-refractivity contribution in [3.8, 4) is 0 Å². The van der Waals surface area contributed by atoms with Gasteiger partial charge < -0.3 is 4.90 Å². The van der Waals surface area contributed by atoms with Crippen molar-refractivity contribution in [3.63, 3.8) is 0 Å². The largest absolute Gasteiger partial charge is 0.368 e. The molecule has 3 heteroatoms. The van der Waals surface area contributed by atoms with Crippen LogP contribution in [0.3, 0.4) is 0 Å². The smallest absolute Gasteiger partial charge is 0.128 e. The monoisotopic (exact) mass is 234 g/mol. The van der Waals surface area contributed by atoms with E-state index in [0.717, 1.165) is 30.9 Å². The fraction of sp³-hybridized carbons (Fsp3) is 0.571. The molecule has 2 aliphatic rings. The van der Waals surface area contributed by atoms with Crippen molar-refractivity contribution in [2.24, 2.45) is 0 Å². The topological polar surface area (TPSA) is 6.48 Å². The second-order valence-corrected chi connectivity index (χ2v) is 5.16. The Kier molecular flexibility index (Phi) is 2.79. The molecule has 0 aromatic heterocycles. The molecule has 92 valence electrons. The van der Waals surface area contributed by atoms with Crippen LogP contribution in [0, 0.1) is 12.7 Å². The lowest BCUT2D eigenvalue weighted by Crippen LogP contribution is -2.50. The van der Waals surface area contributed by atoms with E-state index in [1.807, 2.05) is 19.1 Å². The third kappa shape index (κ3) is 1.93. The van der Waals surface area contributed by atoms with E-state index in [1.54, 1.807) is 6.07 Å². The van der Waals surface area contributed by atoms with E-state index < -0.39 is 0 Å². The van der Waals surface area contributed by atoms with Gasteiger partial charge >= 0.3 is 0 Å². The minimum atomic E-state index is -0.0867. The normalized spacial score (nSPS) is 25.1. The summed E-state index contributed by atoms with van der Waals surface area (Å²) in [6.07, 6.45) is 2.62. The maximum atomic E-state index is 13.6. The number of fused-ring (bicyclic) bond motifs is 1. The second-order valence-electron chi connectivity index (χ2n) is 5.16. The van der Waals surface area contributed by atoms with Gasteiger partial charge in [0.25, 0.3) is 0 Å². The molecule has 2 heterocycles. The van der Waals surface area contributed by atoms with E-state index in [4.69, 9.17) is 0 Å². The Morgan fingerprint density at radius 3 is 3.00 bits per heavy atom. The molecule has 1 aromatic rings. The zero-order valence-corrected chi connectivity index (χ0v) is 10.3. The molecule has 0 N–H and O–H groups in total. The summed E-state index contributed by atoms with van der Waals surface area (Å²) in [5, 5.41) is 0. The maximum absolute atomic E-state index is 13.6. The van der Waals surface area contributed by atoms with Crippen LogP contribution in [-0.4, -0.2) is 37.1 Å². The van der Waals surface area contributed by atoms with Crippen molar-refractivity contribution in [2.75, 3.05) is 31.1 Å². The van der Waals surface area contributed by atoms with Crippen molar-refractivity contribution < 1.29 is 4.39 Å². The first-order valence-electron chi connectivity index (χ1n) is 6.50. The number of nitrogens with zero attached hydrogens (tertiary/aromatic N) is 2. The Morgan fingerprint density at radius 1 is 1.24 bits per heavy atom. The van der Waals surface area contributed by atoms with Crippen LogP contribution in [0.1, 0.15) is 18.4 Å². The molecule has 1 unspecified atom stereocenters. The molecule has 3 rings (SSSR count). The molecule has 0 amide bonds. The lowest BCUT2D eigenvalue weighted by molar-refractivity contribution is 0.231. The van der Waals surface area contributed by atoms with Crippen molar-refractivity contribution in [1.82, 2.24) is 4.90 Å². The van der Waals surface area contributed by atoms with Gasteiger partial charge in [-0.1, -0.05) is 6.07 Å². The molecule has 2 aliphatic heterocycles. The molecular weight excluding hydrogens is 215 g/mol. The second kappa shape index (κ2) is 4.30. The predicted octanol–water partition coefficient (Wildman–Crippen LogP) is 2.42. The molecule has 1 atom stereocenters. The molecule has 0 aliphatic carbocycles. The molecule has 17 heavy (non-hydrogen) atoms. The van der Waals surface area contributed by atoms with Gasteiger partial charge in [0.05, 0.1) is 0 Å². The quantitative estimate of drug-likeness (QED) is 0.736. The van der Waals surface area contributed by atoms with Gasteiger partial charge in [-0.05, 0) is 38.4 Å².